The molecule has 0 bridgehead atoms. The summed E-state index contributed by atoms with van der Waals surface area (Å²) in [6.07, 6.45) is -0.742. The highest BCUT2D eigenvalue weighted by Gasteiger charge is 2.39. The van der Waals surface area contributed by atoms with Crippen LogP contribution in [-0.4, -0.2) is 54.7 Å². The van der Waals surface area contributed by atoms with E-state index >= 15 is 0 Å². The van der Waals surface area contributed by atoms with Crippen molar-refractivity contribution in [3.8, 4) is 0 Å². The summed E-state index contributed by atoms with van der Waals surface area (Å²) in [4.78, 5) is 36.2. The zero-order chi connectivity index (χ0) is 14.6. The fourth-order valence-electron chi connectivity index (χ4n) is 1.66. The van der Waals surface area contributed by atoms with Crippen LogP contribution in [0.1, 0.15) is 27.2 Å². The minimum Gasteiger partial charge on any atom is -0.444 e. The van der Waals surface area contributed by atoms with Crippen LogP contribution < -0.4 is 5.32 Å². The van der Waals surface area contributed by atoms with Crippen molar-refractivity contribution in [3.05, 3.63) is 0 Å². The molecule has 7 nitrogen and oxygen atoms in total. The first-order chi connectivity index (χ1) is 8.74. The van der Waals surface area contributed by atoms with Gasteiger partial charge in [-0.3, -0.25) is 14.5 Å². The predicted molar refractivity (Wildman–Crippen MR) is 66.4 cm³/mol. The van der Waals surface area contributed by atoms with E-state index in [1.54, 1.807) is 20.8 Å². The SMILES string of the molecule is COCCN1C(=O)C[C@H](NC(=O)OC(C)(C)C)C1=O. The van der Waals surface area contributed by atoms with Crippen molar-refractivity contribution < 1.29 is 23.9 Å². The lowest BCUT2D eigenvalue weighted by Gasteiger charge is -2.21. The Morgan fingerprint density at radius 3 is 2.58 bits per heavy atom. The summed E-state index contributed by atoms with van der Waals surface area (Å²) in [6, 6.07) is -0.848. The average Bonchev–Trinajstić information content (AvgIpc) is 2.49. The third kappa shape index (κ3) is 4.51. The number of hydrogen-bond acceptors (Lipinski definition) is 5. The zero-order valence-electron chi connectivity index (χ0n) is 11.7. The van der Waals surface area contributed by atoms with E-state index in [0.717, 1.165) is 4.90 Å². The Kier molecular flexibility index (Phi) is 4.88. The summed E-state index contributed by atoms with van der Waals surface area (Å²) in [5, 5.41) is 2.41. The lowest BCUT2D eigenvalue weighted by molar-refractivity contribution is -0.139. The van der Waals surface area contributed by atoms with Crippen LogP contribution in [0.15, 0.2) is 0 Å². The van der Waals surface area contributed by atoms with E-state index in [1.807, 2.05) is 0 Å². The van der Waals surface area contributed by atoms with Crippen LogP contribution >= 0.6 is 0 Å². The first kappa shape index (κ1) is 15.4. The van der Waals surface area contributed by atoms with E-state index in [-0.39, 0.29) is 25.5 Å². The number of nitrogens with one attached hydrogen (secondary N) is 1. The topological polar surface area (TPSA) is 84.9 Å². The number of hydrogen-bond donors (Lipinski definition) is 1. The Balaban J connectivity index is 2.55. The Hall–Kier alpha value is -1.63. The summed E-state index contributed by atoms with van der Waals surface area (Å²) < 4.78 is 9.87. The van der Waals surface area contributed by atoms with Gasteiger partial charge in [-0.1, -0.05) is 0 Å². The van der Waals surface area contributed by atoms with Crippen molar-refractivity contribution in [1.29, 1.82) is 0 Å². The second kappa shape index (κ2) is 6.01. The maximum atomic E-state index is 11.9. The van der Waals surface area contributed by atoms with Gasteiger partial charge in [-0.2, -0.15) is 0 Å². The van der Waals surface area contributed by atoms with E-state index in [2.05, 4.69) is 5.32 Å². The average molecular weight is 272 g/mol. The molecule has 0 aromatic rings. The number of ether oxygens (including phenoxy) is 2. The molecule has 7 heteroatoms. The molecule has 1 aliphatic heterocycles. The molecule has 0 aromatic heterocycles. The molecule has 0 saturated carbocycles. The van der Waals surface area contributed by atoms with Gasteiger partial charge in [0.2, 0.25) is 5.91 Å². The fraction of sp³-hybridized carbons (Fsp3) is 0.750. The first-order valence-corrected chi connectivity index (χ1v) is 6.07. The van der Waals surface area contributed by atoms with E-state index in [4.69, 9.17) is 9.47 Å². The monoisotopic (exact) mass is 272 g/mol. The number of alkyl carbamates (subject to hydrolysis) is 1. The molecule has 1 N–H and O–H groups in total. The molecule has 3 amide bonds. The summed E-state index contributed by atoms with van der Waals surface area (Å²) in [6.45, 7) is 5.63. The van der Waals surface area contributed by atoms with Crippen LogP contribution in [0.5, 0.6) is 0 Å². The van der Waals surface area contributed by atoms with Gasteiger partial charge in [0, 0.05) is 7.11 Å². The largest absolute Gasteiger partial charge is 0.444 e. The Bertz CT molecular complexity index is 375. The molecule has 0 radical (unpaired) electrons. The molecule has 1 saturated heterocycles. The number of likely N-dealkylation sites (tertiary alicyclic amines) is 1. The number of carbonyl (C=O) groups is 3. The number of amides is 3. The van der Waals surface area contributed by atoms with Gasteiger partial charge in [0.05, 0.1) is 19.6 Å². The van der Waals surface area contributed by atoms with Crippen LogP contribution in [0.25, 0.3) is 0 Å². The maximum absolute atomic E-state index is 11.9. The lowest BCUT2D eigenvalue weighted by Crippen LogP contribution is -2.44. The molecular weight excluding hydrogens is 252 g/mol. The Morgan fingerprint density at radius 1 is 1.42 bits per heavy atom. The third-order valence-corrected chi connectivity index (χ3v) is 2.45. The molecular formula is C12H20N2O5. The molecule has 0 aromatic carbocycles. The van der Waals surface area contributed by atoms with Crippen molar-refractivity contribution in [3.63, 3.8) is 0 Å². The summed E-state index contributed by atoms with van der Waals surface area (Å²) >= 11 is 0. The summed E-state index contributed by atoms with van der Waals surface area (Å²) in [5.74, 6) is -0.740. The van der Waals surface area contributed by atoms with E-state index in [1.165, 1.54) is 7.11 Å². The second-order valence-corrected chi connectivity index (χ2v) is 5.28. The minimum atomic E-state index is -0.848. The molecule has 0 unspecified atom stereocenters. The Morgan fingerprint density at radius 2 is 2.05 bits per heavy atom. The van der Waals surface area contributed by atoms with Crippen molar-refractivity contribution in [2.45, 2.75) is 38.8 Å². The smallest absolute Gasteiger partial charge is 0.408 e. The van der Waals surface area contributed by atoms with E-state index in [0.29, 0.717) is 0 Å². The number of carbonyl (C=O) groups excluding carboxylic acids is 3. The first-order valence-electron chi connectivity index (χ1n) is 6.07. The zero-order valence-corrected chi connectivity index (χ0v) is 11.7. The van der Waals surface area contributed by atoms with Gasteiger partial charge in [-0.05, 0) is 20.8 Å². The van der Waals surface area contributed by atoms with Gasteiger partial charge in [-0.15, -0.1) is 0 Å². The minimum absolute atomic E-state index is 0.0399. The van der Waals surface area contributed by atoms with Gasteiger partial charge in [-0.25, -0.2) is 4.79 Å². The molecule has 1 atom stereocenters. The lowest BCUT2D eigenvalue weighted by atomic mass is 10.2. The molecule has 0 aliphatic carbocycles. The van der Waals surface area contributed by atoms with Crippen molar-refractivity contribution in [1.82, 2.24) is 10.2 Å². The highest BCUT2D eigenvalue weighted by molar-refractivity contribution is 6.06. The highest BCUT2D eigenvalue weighted by atomic mass is 16.6. The van der Waals surface area contributed by atoms with Gasteiger partial charge in [0.1, 0.15) is 11.6 Å². The Labute approximate surface area is 112 Å². The van der Waals surface area contributed by atoms with Crippen LogP contribution in [-0.2, 0) is 19.1 Å². The quantitative estimate of drug-likeness (QED) is 0.743. The molecule has 1 rings (SSSR count). The normalized spacial score (nSPS) is 19.8. The van der Waals surface area contributed by atoms with Crippen molar-refractivity contribution in [2.24, 2.45) is 0 Å². The van der Waals surface area contributed by atoms with Gasteiger partial charge in [0.25, 0.3) is 5.91 Å². The molecule has 19 heavy (non-hydrogen) atoms. The predicted octanol–water partition coefficient (Wildman–Crippen LogP) is 0.285. The van der Waals surface area contributed by atoms with Gasteiger partial charge in [0.15, 0.2) is 0 Å². The number of imide groups is 1. The standard InChI is InChI=1S/C12H20N2O5/c1-12(2,3)19-11(17)13-8-7-9(15)14(10(8)16)5-6-18-4/h8H,5-7H2,1-4H3,(H,13,17)/t8-/m0/s1. The van der Waals surface area contributed by atoms with E-state index < -0.39 is 23.6 Å². The van der Waals surface area contributed by atoms with Crippen LogP contribution in [0.3, 0.4) is 0 Å². The second-order valence-electron chi connectivity index (χ2n) is 5.28. The number of rotatable bonds is 4. The molecule has 0 spiro atoms. The molecule has 108 valence electrons. The molecule has 1 fully saturated rings. The van der Waals surface area contributed by atoms with Gasteiger partial charge >= 0.3 is 6.09 Å². The molecule has 1 aliphatic rings. The molecule has 1 heterocycles. The van der Waals surface area contributed by atoms with Gasteiger partial charge < -0.3 is 14.8 Å². The van der Waals surface area contributed by atoms with Crippen LogP contribution in [0, 0.1) is 0 Å². The number of nitrogens with zero attached hydrogens (tertiary/aromatic N) is 1. The highest BCUT2D eigenvalue weighted by Crippen LogP contribution is 2.14. The maximum Gasteiger partial charge on any atom is 0.408 e. The summed E-state index contributed by atoms with van der Waals surface area (Å²) in [5.41, 5.74) is -0.647. The van der Waals surface area contributed by atoms with E-state index in [9.17, 15) is 14.4 Å². The van der Waals surface area contributed by atoms with Crippen molar-refractivity contribution in [2.75, 3.05) is 20.3 Å². The fourth-order valence-corrected chi connectivity index (χ4v) is 1.66. The van der Waals surface area contributed by atoms with Crippen LogP contribution in [0.2, 0.25) is 0 Å². The summed E-state index contributed by atoms with van der Waals surface area (Å²) in [7, 11) is 1.49. The van der Waals surface area contributed by atoms with Crippen molar-refractivity contribution >= 4 is 17.9 Å². The number of methoxy groups -OCH3 is 1. The van der Waals surface area contributed by atoms with Crippen LogP contribution in [0.4, 0.5) is 4.79 Å². The third-order valence-electron chi connectivity index (χ3n) is 2.45.